The van der Waals surface area contributed by atoms with Crippen molar-refractivity contribution in [2.45, 2.75) is 27.7 Å². The van der Waals surface area contributed by atoms with Crippen molar-refractivity contribution in [3.05, 3.63) is 23.2 Å². The topological polar surface area (TPSA) is 42.2 Å². The van der Waals surface area contributed by atoms with Crippen LogP contribution in [0, 0.1) is 19.3 Å². The van der Waals surface area contributed by atoms with Gasteiger partial charge in [0, 0.05) is 12.4 Å². The molecule has 0 saturated heterocycles. The quantitative estimate of drug-likeness (QED) is 0.827. The molecule has 0 atom stereocenters. The van der Waals surface area contributed by atoms with Gasteiger partial charge in [-0.1, -0.05) is 13.8 Å². The van der Waals surface area contributed by atoms with Crippen molar-refractivity contribution in [1.82, 2.24) is 5.32 Å². The number of carbonyl (C=O) groups excluding carboxylic acids is 1. The normalized spacial score (nSPS) is 11.6. The Morgan fingerprint density at radius 2 is 2.12 bits per heavy atom. The molecule has 0 aliphatic rings. The predicted molar refractivity (Wildman–Crippen MR) is 65.0 cm³/mol. The Morgan fingerprint density at radius 1 is 1.50 bits per heavy atom. The number of furan rings is 1. The first-order valence-corrected chi connectivity index (χ1v) is 5.80. The number of alkyl halides is 1. The summed E-state index contributed by atoms with van der Waals surface area (Å²) in [6.45, 7) is 8.18. The summed E-state index contributed by atoms with van der Waals surface area (Å²) >= 11 is 5.79. The van der Waals surface area contributed by atoms with Gasteiger partial charge in [-0.3, -0.25) is 4.79 Å². The number of rotatable bonds is 4. The Hall–Kier alpha value is -0.960. The summed E-state index contributed by atoms with van der Waals surface area (Å²) < 4.78 is 5.31. The molecule has 1 aromatic heterocycles. The lowest BCUT2D eigenvalue weighted by molar-refractivity contribution is 0.0938. The Labute approximate surface area is 101 Å². The van der Waals surface area contributed by atoms with Crippen LogP contribution in [-0.2, 0) is 0 Å². The molecule has 1 N–H and O–H groups in total. The molecule has 0 spiro atoms. The van der Waals surface area contributed by atoms with Gasteiger partial charge in [0.1, 0.15) is 11.5 Å². The molecule has 1 amide bonds. The van der Waals surface area contributed by atoms with E-state index in [4.69, 9.17) is 16.0 Å². The maximum absolute atomic E-state index is 11.8. The zero-order valence-corrected chi connectivity index (χ0v) is 10.9. The molecule has 1 heterocycles. The molecule has 0 fully saturated rings. The highest BCUT2D eigenvalue weighted by molar-refractivity contribution is 6.18. The fourth-order valence-electron chi connectivity index (χ4n) is 1.32. The standard InChI is InChI=1S/C12H18ClNO2/c1-8-5-10(9(2)16-8)11(15)14-7-12(3,4)6-13/h5H,6-7H2,1-4H3,(H,14,15). The van der Waals surface area contributed by atoms with Crippen LogP contribution in [0.25, 0.3) is 0 Å². The third kappa shape index (κ3) is 3.27. The molecule has 0 aliphatic carbocycles. The van der Waals surface area contributed by atoms with Crippen LogP contribution in [-0.4, -0.2) is 18.3 Å². The van der Waals surface area contributed by atoms with Gasteiger partial charge >= 0.3 is 0 Å². The highest BCUT2D eigenvalue weighted by Gasteiger charge is 2.19. The van der Waals surface area contributed by atoms with Crippen molar-refractivity contribution >= 4 is 17.5 Å². The van der Waals surface area contributed by atoms with Crippen LogP contribution in [0.3, 0.4) is 0 Å². The molecule has 90 valence electrons. The van der Waals surface area contributed by atoms with Gasteiger partial charge in [-0.2, -0.15) is 0 Å². The van der Waals surface area contributed by atoms with Gasteiger partial charge < -0.3 is 9.73 Å². The van der Waals surface area contributed by atoms with E-state index < -0.39 is 0 Å². The number of hydrogen-bond donors (Lipinski definition) is 1. The summed E-state index contributed by atoms with van der Waals surface area (Å²) in [5.74, 6) is 1.81. The van der Waals surface area contributed by atoms with Crippen molar-refractivity contribution in [3.63, 3.8) is 0 Å². The van der Waals surface area contributed by atoms with E-state index in [1.54, 1.807) is 13.0 Å². The summed E-state index contributed by atoms with van der Waals surface area (Å²) in [5.41, 5.74) is 0.507. The molecule has 0 aliphatic heterocycles. The van der Waals surface area contributed by atoms with Crippen LogP contribution >= 0.6 is 11.6 Å². The van der Waals surface area contributed by atoms with E-state index in [9.17, 15) is 4.79 Å². The highest BCUT2D eigenvalue weighted by Crippen LogP contribution is 2.17. The zero-order chi connectivity index (χ0) is 12.3. The van der Waals surface area contributed by atoms with E-state index in [0.29, 0.717) is 23.7 Å². The molecule has 0 bridgehead atoms. The number of nitrogens with one attached hydrogen (secondary N) is 1. The van der Waals surface area contributed by atoms with Gasteiger partial charge in [0.05, 0.1) is 5.56 Å². The maximum Gasteiger partial charge on any atom is 0.254 e. The van der Waals surface area contributed by atoms with Crippen molar-refractivity contribution < 1.29 is 9.21 Å². The molecule has 4 heteroatoms. The third-order valence-electron chi connectivity index (χ3n) is 2.37. The average molecular weight is 244 g/mol. The Bertz CT molecular complexity index is 382. The largest absolute Gasteiger partial charge is 0.466 e. The maximum atomic E-state index is 11.8. The lowest BCUT2D eigenvalue weighted by Crippen LogP contribution is -2.35. The Kier molecular flexibility index (Phi) is 4.03. The SMILES string of the molecule is Cc1cc(C(=O)NCC(C)(C)CCl)c(C)o1. The minimum atomic E-state index is -0.104. The zero-order valence-electron chi connectivity index (χ0n) is 10.2. The summed E-state index contributed by atoms with van der Waals surface area (Å²) in [5, 5.41) is 2.86. The van der Waals surface area contributed by atoms with Crippen molar-refractivity contribution in [3.8, 4) is 0 Å². The van der Waals surface area contributed by atoms with Crippen LogP contribution in [0.2, 0.25) is 0 Å². The molecular formula is C12H18ClNO2. The Morgan fingerprint density at radius 3 is 2.56 bits per heavy atom. The molecule has 1 aromatic rings. The van der Waals surface area contributed by atoms with Crippen molar-refractivity contribution in [1.29, 1.82) is 0 Å². The second kappa shape index (κ2) is 4.91. The second-order valence-corrected chi connectivity index (χ2v) is 5.07. The number of halogens is 1. The summed E-state index contributed by atoms with van der Waals surface area (Å²) in [6, 6.07) is 1.75. The minimum Gasteiger partial charge on any atom is -0.466 e. The van der Waals surface area contributed by atoms with E-state index in [-0.39, 0.29) is 11.3 Å². The average Bonchev–Trinajstić information content (AvgIpc) is 2.54. The van der Waals surface area contributed by atoms with Crippen molar-refractivity contribution in [2.24, 2.45) is 5.41 Å². The number of aryl methyl sites for hydroxylation is 2. The van der Waals surface area contributed by atoms with Gasteiger partial charge in [0.15, 0.2) is 0 Å². The van der Waals surface area contributed by atoms with Gasteiger partial charge in [0.2, 0.25) is 0 Å². The predicted octanol–water partition coefficient (Wildman–Crippen LogP) is 2.89. The first kappa shape index (κ1) is 13.1. The Balaban J connectivity index is 2.63. The fraction of sp³-hybridized carbons (Fsp3) is 0.583. The molecular weight excluding hydrogens is 226 g/mol. The second-order valence-electron chi connectivity index (χ2n) is 4.81. The van der Waals surface area contributed by atoms with Crippen LogP contribution < -0.4 is 5.32 Å². The minimum absolute atomic E-state index is 0.0934. The van der Waals surface area contributed by atoms with Gasteiger partial charge in [0.25, 0.3) is 5.91 Å². The van der Waals surface area contributed by atoms with Crippen LogP contribution in [0.15, 0.2) is 10.5 Å². The summed E-state index contributed by atoms with van der Waals surface area (Å²) in [6.07, 6.45) is 0. The van der Waals surface area contributed by atoms with E-state index >= 15 is 0 Å². The van der Waals surface area contributed by atoms with Crippen molar-refractivity contribution in [2.75, 3.05) is 12.4 Å². The molecule has 0 aromatic carbocycles. The van der Waals surface area contributed by atoms with Gasteiger partial charge in [-0.05, 0) is 25.3 Å². The van der Waals surface area contributed by atoms with E-state index in [1.807, 2.05) is 20.8 Å². The smallest absolute Gasteiger partial charge is 0.254 e. The van der Waals surface area contributed by atoms with E-state index in [0.717, 1.165) is 5.76 Å². The number of carbonyl (C=O) groups is 1. The lowest BCUT2D eigenvalue weighted by Gasteiger charge is -2.21. The molecule has 0 unspecified atom stereocenters. The fourth-order valence-corrected chi connectivity index (χ4v) is 1.41. The molecule has 1 rings (SSSR count). The monoisotopic (exact) mass is 243 g/mol. The van der Waals surface area contributed by atoms with Crippen LogP contribution in [0.5, 0.6) is 0 Å². The molecule has 3 nitrogen and oxygen atoms in total. The highest BCUT2D eigenvalue weighted by atomic mass is 35.5. The first-order chi connectivity index (χ1) is 7.35. The third-order valence-corrected chi connectivity index (χ3v) is 3.10. The molecule has 0 saturated carbocycles. The van der Waals surface area contributed by atoms with E-state index in [2.05, 4.69) is 5.32 Å². The lowest BCUT2D eigenvalue weighted by atomic mass is 9.96. The summed E-state index contributed by atoms with van der Waals surface area (Å²) in [7, 11) is 0. The number of amides is 1. The molecule has 0 radical (unpaired) electrons. The first-order valence-electron chi connectivity index (χ1n) is 5.27. The van der Waals surface area contributed by atoms with E-state index in [1.165, 1.54) is 0 Å². The molecule has 16 heavy (non-hydrogen) atoms. The van der Waals surface area contributed by atoms with Crippen LogP contribution in [0.1, 0.15) is 35.7 Å². The number of hydrogen-bond acceptors (Lipinski definition) is 2. The van der Waals surface area contributed by atoms with Crippen LogP contribution in [0.4, 0.5) is 0 Å². The van der Waals surface area contributed by atoms with Gasteiger partial charge in [-0.15, -0.1) is 11.6 Å². The summed E-state index contributed by atoms with van der Waals surface area (Å²) in [4.78, 5) is 11.8. The van der Waals surface area contributed by atoms with Gasteiger partial charge in [-0.25, -0.2) is 0 Å².